The number of anilines is 1. The number of carbonyl (C=O) groups excluding carboxylic acids is 1. The molecule has 1 amide bonds. The number of amides is 1. The van der Waals surface area contributed by atoms with E-state index in [4.69, 9.17) is 0 Å². The second kappa shape index (κ2) is 10.1. The van der Waals surface area contributed by atoms with Crippen molar-refractivity contribution in [2.45, 2.75) is 31.5 Å². The van der Waals surface area contributed by atoms with Gasteiger partial charge in [-0.25, -0.2) is 8.42 Å². The average molecular weight is 484 g/mol. The lowest BCUT2D eigenvalue weighted by Crippen LogP contribution is -2.39. The molecule has 0 aliphatic carbocycles. The van der Waals surface area contributed by atoms with E-state index in [1.807, 2.05) is 6.07 Å². The van der Waals surface area contributed by atoms with E-state index in [9.17, 15) is 26.4 Å². The molecule has 180 valence electrons. The van der Waals surface area contributed by atoms with Gasteiger partial charge in [0, 0.05) is 19.3 Å². The Morgan fingerprint density at radius 2 is 1.76 bits per heavy atom. The van der Waals surface area contributed by atoms with Gasteiger partial charge in [-0.15, -0.1) is 0 Å². The molecule has 1 unspecified atom stereocenters. The molecule has 3 rings (SSSR count). The number of halogens is 3. The standard InChI is InChI=1S/C23H28F3N3O3S/c1-28(22(30)14-17-8-10-19(11-9-17)23(24,25)26)21(16-29-12-3-4-13-29)18-6-5-7-20(15-18)27-33(2,31)32/h5-11,15,21,27H,3-4,12-14,16H2,1-2H3. The van der Waals surface area contributed by atoms with E-state index in [0.29, 0.717) is 17.8 Å². The largest absolute Gasteiger partial charge is 0.416 e. The van der Waals surface area contributed by atoms with E-state index in [-0.39, 0.29) is 18.4 Å². The van der Waals surface area contributed by atoms with Gasteiger partial charge in [0.1, 0.15) is 0 Å². The summed E-state index contributed by atoms with van der Waals surface area (Å²) in [5, 5.41) is 0. The van der Waals surface area contributed by atoms with Crippen LogP contribution in [0.25, 0.3) is 0 Å². The van der Waals surface area contributed by atoms with Crippen LogP contribution in [-0.4, -0.2) is 57.1 Å². The topological polar surface area (TPSA) is 69.7 Å². The molecule has 6 nitrogen and oxygen atoms in total. The van der Waals surface area contributed by atoms with Gasteiger partial charge in [0.25, 0.3) is 0 Å². The molecule has 2 aromatic rings. The summed E-state index contributed by atoms with van der Waals surface area (Å²) in [6.45, 7) is 2.41. The number of nitrogens with one attached hydrogen (secondary N) is 1. The molecule has 0 saturated carbocycles. The molecular weight excluding hydrogens is 455 g/mol. The SMILES string of the molecule is CN(C(=O)Cc1ccc(C(F)(F)F)cc1)C(CN1CCCC1)c1cccc(NS(C)(=O)=O)c1. The molecule has 0 bridgehead atoms. The van der Waals surface area contributed by atoms with Gasteiger partial charge >= 0.3 is 6.18 Å². The van der Waals surface area contributed by atoms with Crippen molar-refractivity contribution in [1.29, 1.82) is 0 Å². The zero-order valence-electron chi connectivity index (χ0n) is 18.6. The number of sulfonamides is 1. The molecule has 1 aliphatic rings. The summed E-state index contributed by atoms with van der Waals surface area (Å²) in [5.74, 6) is -0.236. The minimum absolute atomic E-state index is 0.0353. The van der Waals surface area contributed by atoms with Gasteiger partial charge in [-0.2, -0.15) is 13.2 Å². The molecule has 0 spiro atoms. The highest BCUT2D eigenvalue weighted by Gasteiger charge is 2.30. The number of likely N-dealkylation sites (tertiary alicyclic amines) is 1. The summed E-state index contributed by atoms with van der Waals surface area (Å²) < 4.78 is 64.2. The smallest absolute Gasteiger partial charge is 0.337 e. The third-order valence-corrected chi connectivity index (χ3v) is 6.31. The van der Waals surface area contributed by atoms with Crippen LogP contribution in [0.3, 0.4) is 0 Å². The van der Waals surface area contributed by atoms with Crippen molar-refractivity contribution in [3.8, 4) is 0 Å². The highest BCUT2D eigenvalue weighted by atomic mass is 32.2. The van der Waals surface area contributed by atoms with E-state index < -0.39 is 21.8 Å². The maximum atomic E-state index is 13.1. The van der Waals surface area contributed by atoms with E-state index >= 15 is 0 Å². The van der Waals surface area contributed by atoms with E-state index in [2.05, 4.69) is 9.62 Å². The zero-order valence-corrected chi connectivity index (χ0v) is 19.4. The Morgan fingerprint density at radius 3 is 2.33 bits per heavy atom. The van der Waals surface area contributed by atoms with E-state index in [1.165, 1.54) is 12.1 Å². The monoisotopic (exact) mass is 483 g/mol. The van der Waals surface area contributed by atoms with Crippen LogP contribution in [0.1, 0.15) is 35.6 Å². The van der Waals surface area contributed by atoms with Gasteiger partial charge in [-0.1, -0.05) is 24.3 Å². The Bertz CT molecular complexity index is 1070. The lowest BCUT2D eigenvalue weighted by atomic mass is 10.0. The fourth-order valence-electron chi connectivity index (χ4n) is 3.97. The highest BCUT2D eigenvalue weighted by molar-refractivity contribution is 7.92. The minimum Gasteiger partial charge on any atom is -0.337 e. The van der Waals surface area contributed by atoms with Crippen molar-refractivity contribution in [3.63, 3.8) is 0 Å². The predicted octanol–water partition coefficient (Wildman–Crippen LogP) is 3.91. The van der Waals surface area contributed by atoms with Crippen LogP contribution in [0.5, 0.6) is 0 Å². The molecular formula is C23H28F3N3O3S. The first-order chi connectivity index (χ1) is 15.4. The number of hydrogen-bond donors (Lipinski definition) is 1. The van der Waals surface area contributed by atoms with Gasteiger partial charge in [0.2, 0.25) is 15.9 Å². The minimum atomic E-state index is -4.43. The molecule has 1 heterocycles. The third kappa shape index (κ3) is 7.20. The van der Waals surface area contributed by atoms with Crippen LogP contribution in [0, 0.1) is 0 Å². The van der Waals surface area contributed by atoms with Crippen molar-refractivity contribution < 1.29 is 26.4 Å². The summed E-state index contributed by atoms with van der Waals surface area (Å²) in [4.78, 5) is 16.9. The summed E-state index contributed by atoms with van der Waals surface area (Å²) in [6, 6.07) is 11.2. The van der Waals surface area contributed by atoms with Crippen molar-refractivity contribution in [3.05, 3.63) is 65.2 Å². The summed E-state index contributed by atoms with van der Waals surface area (Å²) in [5.41, 5.74) is 0.922. The Kier molecular flexibility index (Phi) is 7.69. The maximum absolute atomic E-state index is 13.1. The molecule has 0 aromatic heterocycles. The van der Waals surface area contributed by atoms with Crippen LogP contribution in [0.15, 0.2) is 48.5 Å². The molecule has 10 heteroatoms. The number of nitrogens with zero attached hydrogens (tertiary/aromatic N) is 2. The Balaban J connectivity index is 1.81. The van der Waals surface area contributed by atoms with Gasteiger partial charge < -0.3 is 9.80 Å². The molecule has 33 heavy (non-hydrogen) atoms. The van der Waals surface area contributed by atoms with Gasteiger partial charge in [-0.3, -0.25) is 9.52 Å². The lowest BCUT2D eigenvalue weighted by Gasteiger charge is -2.32. The molecule has 1 saturated heterocycles. The van der Waals surface area contributed by atoms with Crippen LogP contribution in [0.2, 0.25) is 0 Å². The first-order valence-corrected chi connectivity index (χ1v) is 12.5. The fourth-order valence-corrected chi connectivity index (χ4v) is 4.52. The average Bonchev–Trinajstić information content (AvgIpc) is 3.23. The van der Waals surface area contributed by atoms with Crippen molar-refractivity contribution in [2.24, 2.45) is 0 Å². The van der Waals surface area contributed by atoms with Crippen molar-refractivity contribution >= 4 is 21.6 Å². The number of carbonyl (C=O) groups is 1. The van der Waals surface area contributed by atoms with Crippen LogP contribution in [-0.2, 0) is 27.4 Å². The van der Waals surface area contributed by atoms with Gasteiger partial charge in [0.15, 0.2) is 0 Å². The lowest BCUT2D eigenvalue weighted by molar-refractivity contribution is -0.137. The normalized spacial score (nSPS) is 15.9. The van der Waals surface area contributed by atoms with E-state index in [0.717, 1.165) is 49.9 Å². The molecule has 1 aliphatic heterocycles. The number of benzene rings is 2. The quantitative estimate of drug-likeness (QED) is 0.618. The third-order valence-electron chi connectivity index (χ3n) is 5.70. The Hall–Kier alpha value is -2.59. The number of rotatable bonds is 8. The number of likely N-dealkylation sites (N-methyl/N-ethyl adjacent to an activating group) is 1. The van der Waals surface area contributed by atoms with Crippen molar-refractivity contribution in [2.75, 3.05) is 37.7 Å². The number of hydrogen-bond acceptors (Lipinski definition) is 4. The van der Waals surface area contributed by atoms with Crippen molar-refractivity contribution in [1.82, 2.24) is 9.80 Å². The van der Waals surface area contributed by atoms with Gasteiger partial charge in [0.05, 0.1) is 24.3 Å². The molecule has 1 N–H and O–H groups in total. The summed E-state index contributed by atoms with van der Waals surface area (Å²) >= 11 is 0. The summed E-state index contributed by atoms with van der Waals surface area (Å²) in [7, 11) is -1.78. The highest BCUT2D eigenvalue weighted by Crippen LogP contribution is 2.30. The molecule has 2 aromatic carbocycles. The Labute approximate surface area is 192 Å². The first kappa shape index (κ1) is 25.0. The predicted molar refractivity (Wildman–Crippen MR) is 121 cm³/mol. The molecule has 1 atom stereocenters. The fraction of sp³-hybridized carbons (Fsp3) is 0.435. The van der Waals surface area contributed by atoms with Crippen LogP contribution >= 0.6 is 0 Å². The van der Waals surface area contributed by atoms with Gasteiger partial charge in [-0.05, 0) is 61.3 Å². The zero-order chi connectivity index (χ0) is 24.2. The maximum Gasteiger partial charge on any atom is 0.416 e. The molecule has 0 radical (unpaired) electrons. The first-order valence-electron chi connectivity index (χ1n) is 10.6. The van der Waals surface area contributed by atoms with Crippen LogP contribution in [0.4, 0.5) is 18.9 Å². The second-order valence-corrected chi connectivity index (χ2v) is 10.1. The number of alkyl halides is 3. The Morgan fingerprint density at radius 1 is 1.12 bits per heavy atom. The van der Waals surface area contributed by atoms with E-state index in [1.54, 1.807) is 30.1 Å². The summed E-state index contributed by atoms with van der Waals surface area (Å²) in [6.07, 6.45) is -1.24. The second-order valence-electron chi connectivity index (χ2n) is 8.40. The molecule has 1 fully saturated rings. The van der Waals surface area contributed by atoms with Crippen LogP contribution < -0.4 is 4.72 Å².